The van der Waals surface area contributed by atoms with Crippen LogP contribution in [-0.4, -0.2) is 24.6 Å². The van der Waals surface area contributed by atoms with E-state index in [-0.39, 0.29) is 29.4 Å². The number of esters is 2. The van der Waals surface area contributed by atoms with Gasteiger partial charge in [0, 0.05) is 18.3 Å². The average molecular weight is 431 g/mol. The molecule has 0 N–H and O–H groups in total. The van der Waals surface area contributed by atoms with Crippen LogP contribution >= 0.6 is 0 Å². The van der Waals surface area contributed by atoms with Gasteiger partial charge in [0.05, 0.1) is 12.5 Å². The zero-order valence-electron chi connectivity index (χ0n) is 19.6. The fraction of sp³-hybridized carbons (Fsp3) is 0.692. The number of fused-ring (bicyclic) bond motifs is 1. The summed E-state index contributed by atoms with van der Waals surface area (Å²) in [5.41, 5.74) is 2.15. The number of rotatable bonds is 8. The van der Waals surface area contributed by atoms with Gasteiger partial charge in [-0.15, -0.1) is 0 Å². The Hall–Kier alpha value is -2.04. The Kier molecular flexibility index (Phi) is 7.33. The Balaban J connectivity index is 1.88. The van der Waals surface area contributed by atoms with Gasteiger partial charge in [-0.2, -0.15) is 0 Å². The number of carbonyl (C=O) groups excluding carboxylic acids is 2. The van der Waals surface area contributed by atoms with Gasteiger partial charge in [0.25, 0.3) is 0 Å². The Bertz CT molecular complexity index is 782. The van der Waals surface area contributed by atoms with E-state index >= 15 is 0 Å². The highest BCUT2D eigenvalue weighted by Gasteiger charge is 2.59. The molecule has 0 aliphatic heterocycles. The molecule has 5 nitrogen and oxygen atoms in total. The first-order chi connectivity index (χ1) is 14.7. The van der Waals surface area contributed by atoms with Crippen LogP contribution < -0.4 is 0 Å². The minimum absolute atomic E-state index is 0.0293. The molecule has 2 saturated carbocycles. The van der Waals surface area contributed by atoms with Crippen molar-refractivity contribution in [2.75, 3.05) is 6.61 Å². The third kappa shape index (κ3) is 4.75. The number of furan rings is 1. The van der Waals surface area contributed by atoms with Gasteiger partial charge in [-0.1, -0.05) is 39.8 Å². The molecule has 0 aromatic carbocycles. The molecule has 1 aromatic rings. The SMILES string of the molecule is C=C1CC[C@@H]2[C@](C)(COC(=O)CC)[C@H](OC(=O)CC)CC[C@@]2(C)[C@@H]1CCc1ccoc1. The van der Waals surface area contributed by atoms with Crippen LogP contribution in [0.1, 0.15) is 78.2 Å². The van der Waals surface area contributed by atoms with E-state index in [2.05, 4.69) is 20.4 Å². The molecule has 1 heterocycles. The Morgan fingerprint density at radius 1 is 1.19 bits per heavy atom. The first kappa shape index (κ1) is 23.6. The summed E-state index contributed by atoms with van der Waals surface area (Å²) in [4.78, 5) is 24.2. The summed E-state index contributed by atoms with van der Waals surface area (Å²) in [6.45, 7) is 12.9. The minimum Gasteiger partial charge on any atom is -0.472 e. The van der Waals surface area contributed by atoms with Crippen molar-refractivity contribution in [3.8, 4) is 0 Å². The molecule has 0 unspecified atom stereocenters. The summed E-state index contributed by atoms with van der Waals surface area (Å²) in [7, 11) is 0. The van der Waals surface area contributed by atoms with Crippen molar-refractivity contribution in [1.29, 1.82) is 0 Å². The van der Waals surface area contributed by atoms with E-state index in [1.165, 1.54) is 11.1 Å². The van der Waals surface area contributed by atoms with Gasteiger partial charge in [0.15, 0.2) is 0 Å². The van der Waals surface area contributed by atoms with Gasteiger partial charge in [-0.05, 0) is 67.4 Å². The smallest absolute Gasteiger partial charge is 0.305 e. The summed E-state index contributed by atoms with van der Waals surface area (Å²) < 4.78 is 16.9. The molecule has 2 aliphatic rings. The van der Waals surface area contributed by atoms with Crippen molar-refractivity contribution >= 4 is 11.9 Å². The van der Waals surface area contributed by atoms with Crippen molar-refractivity contribution in [2.24, 2.45) is 22.7 Å². The predicted octanol–water partition coefficient (Wildman–Crippen LogP) is 5.88. The molecular weight excluding hydrogens is 392 g/mol. The number of hydrogen-bond acceptors (Lipinski definition) is 5. The molecule has 31 heavy (non-hydrogen) atoms. The number of ether oxygens (including phenoxy) is 2. The molecule has 5 atom stereocenters. The molecule has 0 saturated heterocycles. The van der Waals surface area contributed by atoms with Gasteiger partial charge in [0.1, 0.15) is 12.7 Å². The second-order valence-electron chi connectivity index (χ2n) is 9.87. The highest BCUT2D eigenvalue weighted by atomic mass is 16.6. The quantitative estimate of drug-likeness (QED) is 0.381. The van der Waals surface area contributed by atoms with Crippen LogP contribution in [0.5, 0.6) is 0 Å². The van der Waals surface area contributed by atoms with Crippen molar-refractivity contribution in [3.63, 3.8) is 0 Å². The Labute approximate surface area is 186 Å². The van der Waals surface area contributed by atoms with Crippen LogP contribution in [0.3, 0.4) is 0 Å². The number of allylic oxidation sites excluding steroid dienone is 1. The summed E-state index contributed by atoms with van der Waals surface area (Å²) >= 11 is 0. The molecular formula is C26H38O5. The highest BCUT2D eigenvalue weighted by Crippen LogP contribution is 2.62. The normalized spacial score (nSPS) is 32.9. The highest BCUT2D eigenvalue weighted by molar-refractivity contribution is 5.69. The first-order valence-electron chi connectivity index (χ1n) is 11.8. The van der Waals surface area contributed by atoms with Crippen LogP contribution in [0.25, 0.3) is 0 Å². The molecule has 5 heteroatoms. The van der Waals surface area contributed by atoms with Crippen LogP contribution in [0, 0.1) is 22.7 Å². The lowest BCUT2D eigenvalue weighted by molar-refractivity contribution is -0.193. The molecule has 0 spiro atoms. The third-order valence-electron chi connectivity index (χ3n) is 8.01. The van der Waals surface area contributed by atoms with Gasteiger partial charge < -0.3 is 13.9 Å². The lowest BCUT2D eigenvalue weighted by Crippen LogP contribution is -2.58. The summed E-state index contributed by atoms with van der Waals surface area (Å²) in [6, 6.07) is 2.03. The van der Waals surface area contributed by atoms with E-state index in [0.29, 0.717) is 25.4 Å². The first-order valence-corrected chi connectivity index (χ1v) is 11.8. The van der Waals surface area contributed by atoms with Crippen LogP contribution in [-0.2, 0) is 25.5 Å². The molecule has 2 aliphatic carbocycles. The van der Waals surface area contributed by atoms with Crippen molar-refractivity contribution < 1.29 is 23.5 Å². The number of aryl methyl sites for hydroxylation is 1. The van der Waals surface area contributed by atoms with Crippen LogP contribution in [0.2, 0.25) is 0 Å². The molecule has 2 fully saturated rings. The zero-order valence-corrected chi connectivity index (χ0v) is 19.6. The maximum atomic E-state index is 12.2. The largest absolute Gasteiger partial charge is 0.472 e. The van der Waals surface area contributed by atoms with Gasteiger partial charge in [0.2, 0.25) is 0 Å². The molecule has 0 bridgehead atoms. The fourth-order valence-electron chi connectivity index (χ4n) is 6.22. The van der Waals surface area contributed by atoms with Crippen LogP contribution in [0.15, 0.2) is 35.2 Å². The molecule has 3 rings (SSSR count). The van der Waals surface area contributed by atoms with Gasteiger partial charge in [-0.3, -0.25) is 9.59 Å². The molecule has 172 valence electrons. The zero-order chi connectivity index (χ0) is 22.6. The van der Waals surface area contributed by atoms with E-state index in [0.717, 1.165) is 38.5 Å². The van der Waals surface area contributed by atoms with Crippen molar-refractivity contribution in [2.45, 2.75) is 85.2 Å². The van der Waals surface area contributed by atoms with E-state index in [4.69, 9.17) is 13.9 Å². The monoisotopic (exact) mass is 430 g/mol. The number of carbonyl (C=O) groups is 2. The maximum absolute atomic E-state index is 12.2. The Morgan fingerprint density at radius 3 is 2.58 bits per heavy atom. The second kappa shape index (κ2) is 9.62. The summed E-state index contributed by atoms with van der Waals surface area (Å²) in [5, 5.41) is 0. The predicted molar refractivity (Wildman–Crippen MR) is 119 cm³/mol. The Morgan fingerprint density at radius 2 is 1.94 bits per heavy atom. The van der Waals surface area contributed by atoms with Gasteiger partial charge >= 0.3 is 11.9 Å². The third-order valence-corrected chi connectivity index (χ3v) is 8.01. The number of hydrogen-bond donors (Lipinski definition) is 0. The van der Waals surface area contributed by atoms with Crippen molar-refractivity contribution in [3.05, 3.63) is 36.3 Å². The van der Waals surface area contributed by atoms with E-state index < -0.39 is 5.41 Å². The topological polar surface area (TPSA) is 65.7 Å². The molecule has 1 aromatic heterocycles. The lowest BCUT2D eigenvalue weighted by Gasteiger charge is -2.60. The molecule has 0 radical (unpaired) electrons. The van der Waals surface area contributed by atoms with Crippen LogP contribution in [0.4, 0.5) is 0 Å². The van der Waals surface area contributed by atoms with Gasteiger partial charge in [-0.25, -0.2) is 0 Å². The van der Waals surface area contributed by atoms with E-state index in [1.807, 2.05) is 19.3 Å². The minimum atomic E-state index is -0.406. The lowest BCUT2D eigenvalue weighted by atomic mass is 9.46. The second-order valence-corrected chi connectivity index (χ2v) is 9.87. The maximum Gasteiger partial charge on any atom is 0.305 e. The standard InChI is InChI=1S/C26H38O5/c1-6-23(27)30-17-26(5)21-11-8-18(3)20(10-9-19-13-15-29-16-19)25(21,4)14-12-22(26)31-24(28)7-2/h13,15-16,20-22H,3,6-12,14,17H2,1-2,4-5H3/t20-,21+,22-,25+,26+/m1/s1. The summed E-state index contributed by atoms with van der Waals surface area (Å²) in [6.07, 6.45) is 9.70. The fourth-order valence-corrected chi connectivity index (χ4v) is 6.22. The van der Waals surface area contributed by atoms with E-state index in [9.17, 15) is 9.59 Å². The summed E-state index contributed by atoms with van der Waals surface area (Å²) in [5.74, 6) is 0.280. The van der Waals surface area contributed by atoms with Crippen molar-refractivity contribution in [1.82, 2.24) is 0 Å². The van der Waals surface area contributed by atoms with E-state index in [1.54, 1.807) is 13.2 Å². The molecule has 0 amide bonds. The average Bonchev–Trinajstić information content (AvgIpc) is 3.27.